The van der Waals surface area contributed by atoms with Gasteiger partial charge in [0.05, 0.1) is 11.1 Å². The number of hydrogen-bond donors (Lipinski definition) is 3. The molecule has 5 N–H and O–H groups in total. The van der Waals surface area contributed by atoms with Crippen LogP contribution in [0, 0.1) is 0 Å². The fraction of sp³-hybridized carbons (Fsp3) is 0.526. The number of nitrogens with one attached hydrogen (secondary N) is 1. The van der Waals surface area contributed by atoms with Gasteiger partial charge in [-0.3, -0.25) is 9.69 Å². The molecule has 1 aliphatic carbocycles. The predicted octanol–water partition coefficient (Wildman–Crippen LogP) is 1.70. The molecule has 4 rings (SSSR count). The molecule has 1 aromatic rings. The monoisotopic (exact) mass is 354 g/mol. The number of nitrogens with two attached hydrogens (primary N) is 2. The Morgan fingerprint density at radius 1 is 1.15 bits per heavy atom. The number of carbonyl (C=O) groups is 1. The van der Waals surface area contributed by atoms with Crippen molar-refractivity contribution < 1.29 is 4.79 Å². The highest BCUT2D eigenvalue weighted by molar-refractivity contribution is 6.07. The first-order valence-electron chi connectivity index (χ1n) is 9.25. The van der Waals surface area contributed by atoms with Crippen molar-refractivity contribution in [2.24, 2.45) is 21.5 Å². The number of rotatable bonds is 1. The maximum atomic E-state index is 12.6. The molecular formula is C19H26N6O. The van der Waals surface area contributed by atoms with Crippen molar-refractivity contribution in [1.29, 1.82) is 0 Å². The molecule has 3 aliphatic rings. The molecule has 0 unspecified atom stereocenters. The summed E-state index contributed by atoms with van der Waals surface area (Å²) in [5, 5.41) is 2.98. The summed E-state index contributed by atoms with van der Waals surface area (Å²) < 4.78 is 0. The van der Waals surface area contributed by atoms with Gasteiger partial charge in [0.2, 0.25) is 17.8 Å². The van der Waals surface area contributed by atoms with Crippen LogP contribution < -0.4 is 21.7 Å². The van der Waals surface area contributed by atoms with Crippen molar-refractivity contribution in [3.63, 3.8) is 0 Å². The molecule has 1 amide bonds. The average molecular weight is 354 g/mol. The van der Waals surface area contributed by atoms with Gasteiger partial charge < -0.3 is 16.8 Å². The Kier molecular flexibility index (Phi) is 3.71. The number of guanidine groups is 2. The molecule has 138 valence electrons. The molecule has 0 aromatic heterocycles. The second-order valence-corrected chi connectivity index (χ2v) is 7.94. The van der Waals surface area contributed by atoms with E-state index in [2.05, 4.69) is 16.4 Å². The molecule has 1 fully saturated rings. The average Bonchev–Trinajstić information content (AvgIpc) is 2.58. The van der Waals surface area contributed by atoms with Gasteiger partial charge in [-0.05, 0) is 56.7 Å². The Morgan fingerprint density at radius 2 is 1.88 bits per heavy atom. The van der Waals surface area contributed by atoms with Crippen LogP contribution in [0.1, 0.15) is 57.1 Å². The minimum atomic E-state index is -0.660. The molecule has 1 saturated carbocycles. The van der Waals surface area contributed by atoms with Gasteiger partial charge in [0.1, 0.15) is 5.66 Å². The quantitative estimate of drug-likeness (QED) is 0.713. The maximum absolute atomic E-state index is 12.6. The van der Waals surface area contributed by atoms with Crippen LogP contribution in [-0.2, 0) is 16.8 Å². The molecule has 0 atom stereocenters. The highest BCUT2D eigenvalue weighted by Crippen LogP contribution is 2.44. The Hall–Kier alpha value is -2.57. The van der Waals surface area contributed by atoms with Crippen molar-refractivity contribution >= 4 is 23.5 Å². The lowest BCUT2D eigenvalue weighted by Crippen LogP contribution is -2.59. The van der Waals surface area contributed by atoms with Crippen LogP contribution in [0.3, 0.4) is 0 Å². The van der Waals surface area contributed by atoms with Gasteiger partial charge in [-0.25, -0.2) is 4.99 Å². The lowest BCUT2D eigenvalue weighted by molar-refractivity contribution is -0.126. The van der Waals surface area contributed by atoms with E-state index >= 15 is 0 Å². The zero-order valence-corrected chi connectivity index (χ0v) is 15.4. The minimum absolute atomic E-state index is 0.0191. The lowest BCUT2D eigenvalue weighted by atomic mass is 9.76. The van der Waals surface area contributed by atoms with Gasteiger partial charge in [0.25, 0.3) is 0 Å². The molecule has 7 nitrogen and oxygen atoms in total. The van der Waals surface area contributed by atoms with E-state index in [-0.39, 0.29) is 11.9 Å². The largest absolute Gasteiger partial charge is 0.369 e. The van der Waals surface area contributed by atoms with E-state index in [9.17, 15) is 4.79 Å². The van der Waals surface area contributed by atoms with Crippen LogP contribution in [-0.4, -0.2) is 23.5 Å². The number of anilines is 1. The van der Waals surface area contributed by atoms with Crippen LogP contribution >= 0.6 is 0 Å². The number of aliphatic imine (C=N–C) groups is 2. The number of benzene rings is 1. The zero-order chi connectivity index (χ0) is 18.5. The Morgan fingerprint density at radius 3 is 2.62 bits per heavy atom. The van der Waals surface area contributed by atoms with Gasteiger partial charge in [0, 0.05) is 6.54 Å². The van der Waals surface area contributed by atoms with E-state index < -0.39 is 11.1 Å². The summed E-state index contributed by atoms with van der Waals surface area (Å²) in [5.74, 6) is 0.614. The van der Waals surface area contributed by atoms with Gasteiger partial charge >= 0.3 is 0 Å². The summed E-state index contributed by atoms with van der Waals surface area (Å²) in [6.07, 6.45) is 5.07. The van der Waals surface area contributed by atoms with Crippen molar-refractivity contribution in [1.82, 2.24) is 5.32 Å². The molecule has 1 aromatic carbocycles. The van der Waals surface area contributed by atoms with E-state index in [1.165, 1.54) is 6.42 Å². The first-order valence-corrected chi connectivity index (χ1v) is 9.25. The molecular weight excluding hydrogens is 328 g/mol. The molecule has 2 heterocycles. The van der Waals surface area contributed by atoms with Crippen LogP contribution in [0.2, 0.25) is 0 Å². The summed E-state index contributed by atoms with van der Waals surface area (Å²) in [4.78, 5) is 23.6. The minimum Gasteiger partial charge on any atom is -0.369 e. The van der Waals surface area contributed by atoms with Crippen LogP contribution in [0.5, 0.6) is 0 Å². The molecule has 1 spiro atoms. The summed E-state index contributed by atoms with van der Waals surface area (Å²) in [5.41, 5.74) is 14.2. The van der Waals surface area contributed by atoms with Crippen molar-refractivity contribution in [3.8, 4) is 0 Å². The molecule has 26 heavy (non-hydrogen) atoms. The fourth-order valence-electron chi connectivity index (χ4n) is 4.62. The van der Waals surface area contributed by atoms with Gasteiger partial charge in [0.15, 0.2) is 0 Å². The molecule has 7 heteroatoms. The van der Waals surface area contributed by atoms with E-state index in [4.69, 9.17) is 16.5 Å². The Balaban J connectivity index is 1.92. The highest BCUT2D eigenvalue weighted by atomic mass is 16.2. The number of amides is 1. The maximum Gasteiger partial charge on any atom is 0.230 e. The third kappa shape index (κ3) is 2.37. The predicted molar refractivity (Wildman–Crippen MR) is 103 cm³/mol. The number of hydrogen-bond acceptors (Lipinski definition) is 6. The third-order valence-electron chi connectivity index (χ3n) is 5.85. The van der Waals surface area contributed by atoms with E-state index in [0.29, 0.717) is 12.5 Å². The smallest absolute Gasteiger partial charge is 0.230 e. The van der Waals surface area contributed by atoms with Crippen molar-refractivity contribution in [3.05, 3.63) is 29.3 Å². The standard InChI is InChI=1S/C19H26N6O/c1-18(2)14-12(11-22-15(18)26)7-6-8-13(14)25-17(21)23-16(20)24-19(25)9-4-3-5-10-19/h6-8H,3-5,9-11H2,1-2H3,(H,22,26)(H4,20,21,23,24). The molecule has 2 aliphatic heterocycles. The first kappa shape index (κ1) is 16.9. The SMILES string of the molecule is CC1(C)C(=O)NCc2cccc(N3C(N)=NC(N)=NC34CCCCC4)c21. The topological polar surface area (TPSA) is 109 Å². The van der Waals surface area contributed by atoms with E-state index in [1.54, 1.807) is 0 Å². The molecule has 0 saturated heterocycles. The summed E-state index contributed by atoms with van der Waals surface area (Å²) in [7, 11) is 0. The second kappa shape index (κ2) is 5.72. The normalized spacial score (nSPS) is 23.8. The number of carbonyl (C=O) groups excluding carboxylic acids is 1. The third-order valence-corrected chi connectivity index (χ3v) is 5.85. The van der Waals surface area contributed by atoms with Crippen molar-refractivity contribution in [2.75, 3.05) is 4.90 Å². The summed E-state index contributed by atoms with van der Waals surface area (Å²) in [6.45, 7) is 4.42. The van der Waals surface area contributed by atoms with Gasteiger partial charge in [-0.15, -0.1) is 0 Å². The Bertz CT molecular complexity index is 819. The lowest BCUT2D eigenvalue weighted by Gasteiger charge is -2.47. The first-order chi connectivity index (χ1) is 12.3. The Labute approximate surface area is 153 Å². The number of fused-ring (bicyclic) bond motifs is 1. The summed E-state index contributed by atoms with van der Waals surface area (Å²) in [6, 6.07) is 6.09. The van der Waals surface area contributed by atoms with Crippen LogP contribution in [0.4, 0.5) is 5.69 Å². The molecule has 0 bridgehead atoms. The zero-order valence-electron chi connectivity index (χ0n) is 15.4. The van der Waals surface area contributed by atoms with Crippen molar-refractivity contribution in [2.45, 2.75) is 63.6 Å². The molecule has 0 radical (unpaired) electrons. The van der Waals surface area contributed by atoms with Crippen LogP contribution in [0.15, 0.2) is 28.2 Å². The van der Waals surface area contributed by atoms with Gasteiger partial charge in [-0.1, -0.05) is 18.6 Å². The van der Waals surface area contributed by atoms with E-state index in [0.717, 1.165) is 42.5 Å². The number of nitrogens with zero attached hydrogens (tertiary/aromatic N) is 3. The second-order valence-electron chi connectivity index (χ2n) is 7.94. The van der Waals surface area contributed by atoms with Gasteiger partial charge in [-0.2, -0.15) is 4.99 Å². The highest BCUT2D eigenvalue weighted by Gasteiger charge is 2.46. The van der Waals surface area contributed by atoms with Crippen LogP contribution in [0.25, 0.3) is 0 Å². The van der Waals surface area contributed by atoms with E-state index in [1.807, 2.05) is 30.9 Å². The fourth-order valence-corrected chi connectivity index (χ4v) is 4.62. The summed E-state index contributed by atoms with van der Waals surface area (Å²) >= 11 is 0.